The number of methoxy groups -OCH3 is 2. The lowest BCUT2D eigenvalue weighted by molar-refractivity contribution is 0.355. The molecule has 3 heterocycles. The maximum atomic E-state index is 13.2. The highest BCUT2D eigenvalue weighted by atomic mass is 35.5. The molecule has 8 nitrogen and oxygen atoms in total. The van der Waals surface area contributed by atoms with Gasteiger partial charge in [0.05, 0.1) is 32.0 Å². The van der Waals surface area contributed by atoms with E-state index in [1.165, 1.54) is 0 Å². The summed E-state index contributed by atoms with van der Waals surface area (Å²) in [6.07, 6.45) is 3.44. The van der Waals surface area contributed by atoms with Crippen LogP contribution >= 0.6 is 11.6 Å². The van der Waals surface area contributed by atoms with Gasteiger partial charge in [-0.1, -0.05) is 29.8 Å². The summed E-state index contributed by atoms with van der Waals surface area (Å²) in [7, 11) is 3.14. The largest absolute Gasteiger partial charge is 0.493 e. The summed E-state index contributed by atoms with van der Waals surface area (Å²) in [5.74, 6) is 2.12. The molecule has 0 aliphatic heterocycles. The number of nitrogens with zero attached hydrogens (tertiary/aromatic N) is 4. The van der Waals surface area contributed by atoms with Gasteiger partial charge in [0.25, 0.3) is 5.56 Å². The molecule has 0 atom stereocenters. The van der Waals surface area contributed by atoms with Crippen LogP contribution in [0.4, 0.5) is 0 Å². The van der Waals surface area contributed by atoms with Gasteiger partial charge in [-0.3, -0.25) is 4.79 Å². The Morgan fingerprint density at radius 3 is 2.59 bits per heavy atom. The molecule has 2 aromatic carbocycles. The highest BCUT2D eigenvalue weighted by molar-refractivity contribution is 6.30. The van der Waals surface area contributed by atoms with Gasteiger partial charge in [0.1, 0.15) is 17.0 Å². The summed E-state index contributed by atoms with van der Waals surface area (Å²) in [5, 5.41) is 5.16. The van der Waals surface area contributed by atoms with Gasteiger partial charge in [-0.15, -0.1) is 0 Å². The molecule has 0 N–H and O–H groups in total. The third-order valence-electron chi connectivity index (χ3n) is 5.59. The zero-order valence-corrected chi connectivity index (χ0v) is 19.5. The number of oxazole rings is 1. The fourth-order valence-electron chi connectivity index (χ4n) is 3.82. The predicted molar refractivity (Wildman–Crippen MR) is 129 cm³/mol. The molecule has 0 radical (unpaired) electrons. The lowest BCUT2D eigenvalue weighted by Gasteiger charge is -2.10. The van der Waals surface area contributed by atoms with Crippen molar-refractivity contribution in [2.45, 2.75) is 13.5 Å². The standard InChI is InChI=1S/C25H21ClN4O4/c1-15-20(27-24(34-15)18-5-4-6-22(32-2)23(18)33-3)14-29-11-12-30-21(25(29)31)13-19(28-30)16-7-9-17(26)10-8-16/h4-13H,14H2,1-3H3. The molecule has 0 amide bonds. The molecule has 5 aromatic rings. The Morgan fingerprint density at radius 1 is 1.06 bits per heavy atom. The molecule has 172 valence electrons. The fourth-order valence-corrected chi connectivity index (χ4v) is 3.95. The number of para-hydroxylation sites is 1. The maximum absolute atomic E-state index is 13.2. The summed E-state index contributed by atoms with van der Waals surface area (Å²) in [6, 6.07) is 14.6. The number of hydrogen-bond donors (Lipinski definition) is 0. The number of hydrogen-bond acceptors (Lipinski definition) is 6. The normalized spacial score (nSPS) is 11.2. The minimum absolute atomic E-state index is 0.182. The summed E-state index contributed by atoms with van der Waals surface area (Å²) >= 11 is 5.98. The Labute approximate surface area is 200 Å². The third-order valence-corrected chi connectivity index (χ3v) is 5.84. The first kappa shape index (κ1) is 21.8. The van der Waals surface area contributed by atoms with Gasteiger partial charge < -0.3 is 18.5 Å². The number of rotatable bonds is 6. The first-order valence-corrected chi connectivity index (χ1v) is 10.9. The Bertz CT molecular complexity index is 1550. The quantitative estimate of drug-likeness (QED) is 0.348. The summed E-state index contributed by atoms with van der Waals surface area (Å²) in [4.78, 5) is 17.8. The number of aromatic nitrogens is 4. The molecular weight excluding hydrogens is 456 g/mol. The van der Waals surface area contributed by atoms with E-state index in [1.54, 1.807) is 60.0 Å². The molecule has 0 saturated carbocycles. The van der Waals surface area contributed by atoms with Crippen LogP contribution in [0.5, 0.6) is 11.5 Å². The van der Waals surface area contributed by atoms with Gasteiger partial charge in [0.15, 0.2) is 11.5 Å². The second kappa shape index (κ2) is 8.72. The minimum atomic E-state index is -0.182. The molecular formula is C25H21ClN4O4. The Morgan fingerprint density at radius 2 is 1.85 bits per heavy atom. The lowest BCUT2D eigenvalue weighted by Crippen LogP contribution is -2.22. The monoisotopic (exact) mass is 476 g/mol. The Balaban J connectivity index is 1.50. The SMILES string of the molecule is COc1cccc(-c2nc(Cn3ccn4nc(-c5ccc(Cl)cc5)cc4c3=O)c(C)o2)c1OC. The van der Waals surface area contributed by atoms with Crippen LogP contribution in [0.1, 0.15) is 11.5 Å². The molecule has 0 bridgehead atoms. The third kappa shape index (κ3) is 3.82. The number of halogens is 1. The molecule has 3 aromatic heterocycles. The van der Waals surface area contributed by atoms with Crippen molar-refractivity contribution in [2.75, 3.05) is 14.2 Å². The smallest absolute Gasteiger partial charge is 0.276 e. The molecule has 34 heavy (non-hydrogen) atoms. The number of benzene rings is 2. The Hall–Kier alpha value is -4.04. The van der Waals surface area contributed by atoms with E-state index in [4.69, 9.17) is 25.5 Å². The van der Waals surface area contributed by atoms with E-state index >= 15 is 0 Å². The van der Waals surface area contributed by atoms with Crippen LogP contribution in [-0.4, -0.2) is 33.4 Å². The van der Waals surface area contributed by atoms with E-state index in [2.05, 4.69) is 10.1 Å². The molecule has 0 fully saturated rings. The van der Waals surface area contributed by atoms with Gasteiger partial charge >= 0.3 is 0 Å². The number of aryl methyl sites for hydroxylation is 1. The van der Waals surface area contributed by atoms with Gasteiger partial charge in [-0.25, -0.2) is 9.50 Å². The van der Waals surface area contributed by atoms with E-state index in [-0.39, 0.29) is 12.1 Å². The van der Waals surface area contributed by atoms with Crippen molar-refractivity contribution >= 4 is 17.1 Å². The summed E-state index contributed by atoms with van der Waals surface area (Å²) in [5.41, 5.74) is 3.16. The van der Waals surface area contributed by atoms with Crippen molar-refractivity contribution in [2.24, 2.45) is 0 Å². The first-order chi connectivity index (χ1) is 16.5. The second-order valence-electron chi connectivity index (χ2n) is 7.66. The van der Waals surface area contributed by atoms with Crippen LogP contribution in [0.15, 0.2) is 70.1 Å². The van der Waals surface area contributed by atoms with Gasteiger partial charge in [0, 0.05) is 23.0 Å². The predicted octanol–water partition coefficient (Wildman–Crippen LogP) is 4.85. The van der Waals surface area contributed by atoms with Crippen LogP contribution in [0.2, 0.25) is 5.02 Å². The first-order valence-electron chi connectivity index (χ1n) is 10.5. The highest BCUT2D eigenvalue weighted by Gasteiger charge is 2.19. The van der Waals surface area contributed by atoms with E-state index < -0.39 is 0 Å². The zero-order chi connectivity index (χ0) is 23.8. The van der Waals surface area contributed by atoms with Crippen LogP contribution in [0.3, 0.4) is 0 Å². The molecule has 9 heteroatoms. The van der Waals surface area contributed by atoms with Gasteiger partial charge in [-0.2, -0.15) is 5.10 Å². The van der Waals surface area contributed by atoms with Crippen molar-refractivity contribution in [3.05, 3.63) is 87.8 Å². The molecule has 5 rings (SSSR count). The fraction of sp³-hybridized carbons (Fsp3) is 0.160. The van der Waals surface area contributed by atoms with Crippen molar-refractivity contribution in [3.63, 3.8) is 0 Å². The van der Waals surface area contributed by atoms with Gasteiger partial charge in [0.2, 0.25) is 5.89 Å². The van der Waals surface area contributed by atoms with Crippen molar-refractivity contribution in [1.29, 1.82) is 0 Å². The van der Waals surface area contributed by atoms with Crippen molar-refractivity contribution in [1.82, 2.24) is 19.2 Å². The summed E-state index contributed by atoms with van der Waals surface area (Å²) < 4.78 is 20.0. The second-order valence-corrected chi connectivity index (χ2v) is 8.10. The van der Waals surface area contributed by atoms with Crippen LogP contribution in [0.25, 0.3) is 28.2 Å². The van der Waals surface area contributed by atoms with Crippen molar-refractivity contribution < 1.29 is 13.9 Å². The Kier molecular flexibility index (Phi) is 5.59. The van der Waals surface area contributed by atoms with Gasteiger partial charge in [-0.05, 0) is 37.3 Å². The average molecular weight is 477 g/mol. The van der Waals surface area contributed by atoms with E-state index in [0.29, 0.717) is 50.6 Å². The van der Waals surface area contributed by atoms with E-state index in [9.17, 15) is 4.79 Å². The molecule has 0 unspecified atom stereocenters. The molecule has 0 saturated heterocycles. The van der Waals surface area contributed by atoms with Crippen LogP contribution in [0, 0.1) is 6.92 Å². The maximum Gasteiger partial charge on any atom is 0.276 e. The van der Waals surface area contributed by atoms with Crippen LogP contribution in [-0.2, 0) is 6.54 Å². The molecule has 0 aliphatic carbocycles. The van der Waals surface area contributed by atoms with Crippen LogP contribution < -0.4 is 15.0 Å². The zero-order valence-electron chi connectivity index (χ0n) is 18.8. The number of ether oxygens (including phenoxy) is 2. The average Bonchev–Trinajstić information content (AvgIpc) is 3.45. The lowest BCUT2D eigenvalue weighted by atomic mass is 10.1. The summed E-state index contributed by atoms with van der Waals surface area (Å²) in [6.45, 7) is 2.07. The van der Waals surface area contributed by atoms with E-state index in [1.807, 2.05) is 31.2 Å². The number of fused-ring (bicyclic) bond motifs is 1. The topological polar surface area (TPSA) is 83.8 Å². The molecule has 0 spiro atoms. The highest BCUT2D eigenvalue weighted by Crippen LogP contribution is 2.38. The van der Waals surface area contributed by atoms with Crippen molar-refractivity contribution in [3.8, 4) is 34.2 Å². The molecule has 0 aliphatic rings. The minimum Gasteiger partial charge on any atom is -0.493 e. The van der Waals surface area contributed by atoms with E-state index in [0.717, 1.165) is 5.56 Å².